The van der Waals surface area contributed by atoms with Gasteiger partial charge in [0.05, 0.1) is 11.3 Å². The first kappa shape index (κ1) is 13.8. The van der Waals surface area contributed by atoms with Crippen LogP contribution in [0.15, 0.2) is 36.4 Å². The van der Waals surface area contributed by atoms with Gasteiger partial charge in [-0.25, -0.2) is 4.79 Å². The zero-order chi connectivity index (χ0) is 14.8. The minimum Gasteiger partial charge on any atom is -0.478 e. The third kappa shape index (κ3) is 3.11. The number of aryl methyl sites for hydroxylation is 1. The van der Waals surface area contributed by atoms with Crippen molar-refractivity contribution in [3.05, 3.63) is 64.5 Å². The van der Waals surface area contributed by atoms with Gasteiger partial charge in [0.1, 0.15) is 0 Å². The van der Waals surface area contributed by atoms with E-state index in [1.807, 2.05) is 31.2 Å². The van der Waals surface area contributed by atoms with Gasteiger partial charge in [-0.1, -0.05) is 12.1 Å². The number of carbonyl (C=O) groups is 1. The molecule has 0 amide bonds. The maximum absolute atomic E-state index is 11.1. The van der Waals surface area contributed by atoms with E-state index in [1.54, 1.807) is 12.1 Å². The number of carboxylic acids is 1. The molecule has 0 saturated carbocycles. The lowest BCUT2D eigenvalue weighted by Gasteiger charge is -2.28. The molecular weight excluding hydrogens is 264 g/mol. The summed E-state index contributed by atoms with van der Waals surface area (Å²) in [6, 6.07) is 11.5. The highest BCUT2D eigenvalue weighted by Gasteiger charge is 2.18. The van der Waals surface area contributed by atoms with Crippen LogP contribution in [-0.2, 0) is 19.5 Å². The summed E-state index contributed by atoms with van der Waals surface area (Å²) in [5, 5.41) is 9.09. The molecule has 4 heteroatoms. The van der Waals surface area contributed by atoms with Crippen molar-refractivity contribution in [3.8, 4) is 0 Å². The SMILES string of the molecule is Cc1cccc(CN2CCc3ccc(C(=O)O)cc3C2)n1. The number of rotatable bonds is 3. The zero-order valence-corrected chi connectivity index (χ0v) is 12.0. The molecule has 0 bridgehead atoms. The van der Waals surface area contributed by atoms with Crippen molar-refractivity contribution in [2.24, 2.45) is 0 Å². The number of pyridine rings is 1. The topological polar surface area (TPSA) is 53.4 Å². The summed E-state index contributed by atoms with van der Waals surface area (Å²) in [6.07, 6.45) is 0.959. The van der Waals surface area contributed by atoms with Crippen LogP contribution in [0.1, 0.15) is 32.9 Å². The fraction of sp³-hybridized carbons (Fsp3) is 0.294. The summed E-state index contributed by atoms with van der Waals surface area (Å²) in [4.78, 5) is 17.9. The van der Waals surface area contributed by atoms with Crippen LogP contribution in [0.2, 0.25) is 0 Å². The fourth-order valence-corrected chi connectivity index (χ4v) is 2.80. The summed E-state index contributed by atoms with van der Waals surface area (Å²) >= 11 is 0. The first-order valence-electron chi connectivity index (χ1n) is 7.12. The molecule has 0 spiro atoms. The molecule has 0 atom stereocenters. The van der Waals surface area contributed by atoms with Crippen molar-refractivity contribution >= 4 is 5.97 Å². The first-order chi connectivity index (χ1) is 10.1. The van der Waals surface area contributed by atoms with E-state index in [0.29, 0.717) is 5.56 Å². The second-order valence-electron chi connectivity index (χ2n) is 5.52. The Balaban J connectivity index is 1.77. The van der Waals surface area contributed by atoms with E-state index in [9.17, 15) is 4.79 Å². The molecule has 0 unspecified atom stereocenters. The number of hydrogen-bond acceptors (Lipinski definition) is 3. The molecule has 108 valence electrons. The average Bonchev–Trinajstić information content (AvgIpc) is 2.46. The van der Waals surface area contributed by atoms with Gasteiger partial charge in [0, 0.05) is 25.3 Å². The second kappa shape index (κ2) is 5.66. The third-order valence-electron chi connectivity index (χ3n) is 3.88. The van der Waals surface area contributed by atoms with E-state index in [1.165, 1.54) is 5.56 Å². The minimum atomic E-state index is -0.865. The molecule has 0 radical (unpaired) electrons. The quantitative estimate of drug-likeness (QED) is 0.940. The number of carboxylic acid groups (broad SMARTS) is 1. The molecule has 1 aliphatic heterocycles. The van der Waals surface area contributed by atoms with Gasteiger partial charge in [0.25, 0.3) is 0 Å². The van der Waals surface area contributed by atoms with Crippen molar-refractivity contribution in [2.45, 2.75) is 26.4 Å². The molecule has 1 N–H and O–H groups in total. The molecule has 2 heterocycles. The Morgan fingerprint density at radius 3 is 2.90 bits per heavy atom. The second-order valence-corrected chi connectivity index (χ2v) is 5.52. The molecule has 2 aromatic rings. The molecular formula is C17H18N2O2. The smallest absolute Gasteiger partial charge is 0.335 e. The van der Waals surface area contributed by atoms with E-state index < -0.39 is 5.97 Å². The number of nitrogens with zero attached hydrogens (tertiary/aromatic N) is 2. The van der Waals surface area contributed by atoms with Crippen LogP contribution in [0.3, 0.4) is 0 Å². The molecule has 21 heavy (non-hydrogen) atoms. The highest BCUT2D eigenvalue weighted by Crippen LogP contribution is 2.21. The third-order valence-corrected chi connectivity index (χ3v) is 3.88. The van der Waals surface area contributed by atoms with E-state index in [2.05, 4.69) is 9.88 Å². The summed E-state index contributed by atoms with van der Waals surface area (Å²) in [7, 11) is 0. The Hall–Kier alpha value is -2.20. The highest BCUT2D eigenvalue weighted by molar-refractivity contribution is 5.87. The summed E-state index contributed by atoms with van der Waals surface area (Å²) < 4.78 is 0. The van der Waals surface area contributed by atoms with E-state index in [0.717, 1.165) is 43.0 Å². The number of aromatic nitrogens is 1. The van der Waals surface area contributed by atoms with Gasteiger partial charge in [-0.15, -0.1) is 0 Å². The molecule has 0 aliphatic carbocycles. The van der Waals surface area contributed by atoms with Crippen molar-refractivity contribution < 1.29 is 9.90 Å². The Kier molecular flexibility index (Phi) is 3.71. The van der Waals surface area contributed by atoms with E-state index in [-0.39, 0.29) is 0 Å². The number of benzene rings is 1. The van der Waals surface area contributed by atoms with Gasteiger partial charge in [-0.05, 0) is 48.7 Å². The van der Waals surface area contributed by atoms with Crippen LogP contribution >= 0.6 is 0 Å². The Bertz CT molecular complexity index is 682. The van der Waals surface area contributed by atoms with Crippen molar-refractivity contribution in [2.75, 3.05) is 6.54 Å². The molecule has 3 rings (SSSR count). The zero-order valence-electron chi connectivity index (χ0n) is 12.0. The molecule has 0 fully saturated rings. The lowest BCUT2D eigenvalue weighted by atomic mass is 9.97. The standard InChI is InChI=1S/C17H18N2O2/c1-12-3-2-4-16(18-12)11-19-8-7-13-5-6-14(17(20)21)9-15(13)10-19/h2-6,9H,7-8,10-11H2,1H3,(H,20,21). The summed E-state index contributed by atoms with van der Waals surface area (Å²) in [5.74, 6) is -0.865. The molecule has 4 nitrogen and oxygen atoms in total. The molecule has 1 aliphatic rings. The highest BCUT2D eigenvalue weighted by atomic mass is 16.4. The van der Waals surface area contributed by atoms with Gasteiger partial charge in [0.15, 0.2) is 0 Å². The Morgan fingerprint density at radius 1 is 1.29 bits per heavy atom. The predicted octanol–water partition coefficient (Wildman–Crippen LogP) is 2.65. The summed E-state index contributed by atoms with van der Waals surface area (Å²) in [5.41, 5.74) is 4.83. The van der Waals surface area contributed by atoms with Crippen molar-refractivity contribution in [3.63, 3.8) is 0 Å². The van der Waals surface area contributed by atoms with E-state index in [4.69, 9.17) is 5.11 Å². The van der Waals surface area contributed by atoms with Crippen LogP contribution in [0, 0.1) is 6.92 Å². The van der Waals surface area contributed by atoms with Crippen LogP contribution < -0.4 is 0 Å². The maximum atomic E-state index is 11.1. The molecule has 1 aromatic carbocycles. The number of hydrogen-bond donors (Lipinski definition) is 1. The first-order valence-corrected chi connectivity index (χ1v) is 7.12. The minimum absolute atomic E-state index is 0.365. The lowest BCUT2D eigenvalue weighted by molar-refractivity contribution is 0.0696. The molecule has 0 saturated heterocycles. The molecule has 1 aromatic heterocycles. The van der Waals surface area contributed by atoms with Gasteiger partial charge in [-0.3, -0.25) is 9.88 Å². The lowest BCUT2D eigenvalue weighted by Crippen LogP contribution is -2.30. The van der Waals surface area contributed by atoms with Crippen LogP contribution in [0.5, 0.6) is 0 Å². The average molecular weight is 282 g/mol. The summed E-state index contributed by atoms with van der Waals surface area (Å²) in [6.45, 7) is 4.56. The van der Waals surface area contributed by atoms with Crippen molar-refractivity contribution in [1.82, 2.24) is 9.88 Å². The fourth-order valence-electron chi connectivity index (χ4n) is 2.80. The largest absolute Gasteiger partial charge is 0.478 e. The van der Waals surface area contributed by atoms with Crippen molar-refractivity contribution in [1.29, 1.82) is 0 Å². The Labute approximate surface area is 124 Å². The Morgan fingerprint density at radius 2 is 2.14 bits per heavy atom. The monoisotopic (exact) mass is 282 g/mol. The number of fused-ring (bicyclic) bond motifs is 1. The van der Waals surface area contributed by atoms with Gasteiger partial charge >= 0.3 is 5.97 Å². The van der Waals surface area contributed by atoms with Gasteiger partial charge < -0.3 is 5.11 Å². The van der Waals surface area contributed by atoms with Crippen LogP contribution in [0.4, 0.5) is 0 Å². The maximum Gasteiger partial charge on any atom is 0.335 e. The van der Waals surface area contributed by atoms with Crippen LogP contribution in [-0.4, -0.2) is 27.5 Å². The normalized spacial score (nSPS) is 14.7. The van der Waals surface area contributed by atoms with Gasteiger partial charge in [-0.2, -0.15) is 0 Å². The number of aromatic carboxylic acids is 1. The van der Waals surface area contributed by atoms with E-state index >= 15 is 0 Å². The van der Waals surface area contributed by atoms with Gasteiger partial charge in [0.2, 0.25) is 0 Å². The van der Waals surface area contributed by atoms with Crippen LogP contribution in [0.25, 0.3) is 0 Å². The predicted molar refractivity (Wildman–Crippen MR) is 80.2 cm³/mol.